The van der Waals surface area contributed by atoms with Crippen LogP contribution in [0.5, 0.6) is 0 Å². The van der Waals surface area contributed by atoms with Gasteiger partial charge in [0.25, 0.3) is 0 Å². The topological polar surface area (TPSA) is 53.6 Å². The fraction of sp³-hybridized carbons (Fsp3) is 0.333. The highest BCUT2D eigenvalue weighted by molar-refractivity contribution is 7.99. The lowest BCUT2D eigenvalue weighted by molar-refractivity contribution is 0.566. The molecule has 88 valence electrons. The van der Waals surface area contributed by atoms with E-state index in [9.17, 15) is 0 Å². The number of aromatic amines is 1. The fourth-order valence-electron chi connectivity index (χ4n) is 1.89. The molecule has 0 radical (unpaired) electrons. The molecule has 0 spiro atoms. The summed E-state index contributed by atoms with van der Waals surface area (Å²) in [4.78, 5) is 4.56. The van der Waals surface area contributed by atoms with Crippen molar-refractivity contribution in [1.82, 2.24) is 20.5 Å². The zero-order valence-electron chi connectivity index (χ0n) is 9.39. The minimum atomic E-state index is 0.304. The van der Waals surface area contributed by atoms with Crippen LogP contribution < -0.4 is 5.32 Å². The molecule has 1 aliphatic rings. The van der Waals surface area contributed by atoms with Crippen molar-refractivity contribution in [3.8, 4) is 11.4 Å². The van der Waals surface area contributed by atoms with Crippen LogP contribution >= 0.6 is 11.8 Å². The SMILES string of the molecule is c1ccc(-c2n[nH]c(C3CSCCN3)n2)cc1. The molecule has 1 aromatic heterocycles. The number of nitrogens with zero attached hydrogens (tertiary/aromatic N) is 2. The third-order valence-electron chi connectivity index (χ3n) is 2.79. The van der Waals surface area contributed by atoms with E-state index >= 15 is 0 Å². The van der Waals surface area contributed by atoms with E-state index in [4.69, 9.17) is 0 Å². The summed E-state index contributed by atoms with van der Waals surface area (Å²) >= 11 is 1.95. The number of thioether (sulfide) groups is 1. The van der Waals surface area contributed by atoms with E-state index in [1.54, 1.807) is 0 Å². The molecule has 2 N–H and O–H groups in total. The van der Waals surface area contributed by atoms with Gasteiger partial charge < -0.3 is 5.32 Å². The second kappa shape index (κ2) is 4.89. The van der Waals surface area contributed by atoms with Gasteiger partial charge in [-0.2, -0.15) is 16.9 Å². The maximum absolute atomic E-state index is 4.56. The molecule has 1 fully saturated rings. The number of benzene rings is 1. The Morgan fingerprint density at radius 1 is 1.24 bits per heavy atom. The third kappa shape index (κ3) is 2.35. The number of hydrogen-bond acceptors (Lipinski definition) is 4. The van der Waals surface area contributed by atoms with E-state index in [1.807, 2.05) is 42.1 Å². The lowest BCUT2D eigenvalue weighted by Gasteiger charge is -2.20. The molecule has 1 unspecified atom stereocenters. The molecule has 1 aromatic carbocycles. The van der Waals surface area contributed by atoms with E-state index in [0.717, 1.165) is 29.5 Å². The minimum Gasteiger partial charge on any atom is -0.306 e. The van der Waals surface area contributed by atoms with Crippen LogP contribution in [-0.4, -0.2) is 33.2 Å². The summed E-state index contributed by atoms with van der Waals surface area (Å²) in [6.45, 7) is 1.04. The quantitative estimate of drug-likeness (QED) is 0.849. The van der Waals surface area contributed by atoms with Gasteiger partial charge in [-0.25, -0.2) is 4.98 Å². The Labute approximate surface area is 104 Å². The molecule has 0 bridgehead atoms. The Balaban J connectivity index is 1.83. The number of H-pyrrole nitrogens is 1. The van der Waals surface area contributed by atoms with E-state index in [-0.39, 0.29) is 0 Å². The summed E-state index contributed by atoms with van der Waals surface area (Å²) in [5, 5.41) is 10.8. The Hall–Kier alpha value is -1.33. The van der Waals surface area contributed by atoms with Crippen LogP contribution in [0.3, 0.4) is 0 Å². The Kier molecular flexibility index (Phi) is 3.11. The highest BCUT2D eigenvalue weighted by Gasteiger charge is 2.18. The predicted octanol–water partition coefficient (Wildman–Crippen LogP) is 1.85. The molecule has 2 aromatic rings. The Morgan fingerprint density at radius 3 is 2.88 bits per heavy atom. The lowest BCUT2D eigenvalue weighted by atomic mass is 10.2. The number of nitrogens with one attached hydrogen (secondary N) is 2. The van der Waals surface area contributed by atoms with E-state index in [2.05, 4.69) is 20.5 Å². The molecule has 2 heterocycles. The average Bonchev–Trinajstić information content (AvgIpc) is 2.90. The Morgan fingerprint density at radius 2 is 2.12 bits per heavy atom. The standard InChI is InChI=1S/C12H14N4S/c1-2-4-9(5-3-1)11-14-12(16-15-11)10-8-17-7-6-13-10/h1-5,10,13H,6-8H2,(H,14,15,16). The predicted molar refractivity (Wildman–Crippen MR) is 69.9 cm³/mol. The van der Waals surface area contributed by atoms with Crippen LogP contribution in [-0.2, 0) is 0 Å². The molecule has 1 saturated heterocycles. The molecule has 0 amide bonds. The van der Waals surface area contributed by atoms with Gasteiger partial charge >= 0.3 is 0 Å². The molecule has 0 aliphatic carbocycles. The summed E-state index contributed by atoms with van der Waals surface area (Å²) in [6.07, 6.45) is 0. The first kappa shape index (κ1) is 10.8. The van der Waals surface area contributed by atoms with Gasteiger partial charge in [0.2, 0.25) is 0 Å². The van der Waals surface area contributed by atoms with Gasteiger partial charge in [-0.05, 0) is 0 Å². The van der Waals surface area contributed by atoms with Crippen LogP contribution in [0.4, 0.5) is 0 Å². The van der Waals surface area contributed by atoms with Crippen molar-refractivity contribution in [2.75, 3.05) is 18.1 Å². The first-order valence-electron chi connectivity index (χ1n) is 5.72. The van der Waals surface area contributed by atoms with Gasteiger partial charge in [0.05, 0.1) is 6.04 Å². The summed E-state index contributed by atoms with van der Waals surface area (Å²) < 4.78 is 0. The van der Waals surface area contributed by atoms with Gasteiger partial charge in [-0.15, -0.1) is 0 Å². The van der Waals surface area contributed by atoms with Crippen molar-refractivity contribution in [2.24, 2.45) is 0 Å². The average molecular weight is 246 g/mol. The van der Waals surface area contributed by atoms with Crippen molar-refractivity contribution in [3.05, 3.63) is 36.2 Å². The van der Waals surface area contributed by atoms with Gasteiger partial charge in [0.15, 0.2) is 5.82 Å². The molecule has 5 heteroatoms. The van der Waals surface area contributed by atoms with E-state index in [1.165, 1.54) is 5.75 Å². The summed E-state index contributed by atoms with van der Waals surface area (Å²) in [7, 11) is 0. The third-order valence-corrected chi connectivity index (χ3v) is 3.85. The highest BCUT2D eigenvalue weighted by atomic mass is 32.2. The van der Waals surface area contributed by atoms with Gasteiger partial charge in [0.1, 0.15) is 5.82 Å². The largest absolute Gasteiger partial charge is 0.306 e. The maximum atomic E-state index is 4.56. The molecule has 3 rings (SSSR count). The van der Waals surface area contributed by atoms with Gasteiger partial charge in [-0.3, -0.25) is 5.10 Å². The number of hydrogen-bond donors (Lipinski definition) is 2. The van der Waals surface area contributed by atoms with Crippen LogP contribution in [0.25, 0.3) is 11.4 Å². The first-order chi connectivity index (χ1) is 8.43. The summed E-state index contributed by atoms with van der Waals surface area (Å²) in [6, 6.07) is 10.3. The van der Waals surface area contributed by atoms with Crippen molar-refractivity contribution in [3.63, 3.8) is 0 Å². The molecule has 0 saturated carbocycles. The van der Waals surface area contributed by atoms with Crippen LogP contribution in [0, 0.1) is 0 Å². The van der Waals surface area contributed by atoms with E-state index in [0.29, 0.717) is 6.04 Å². The highest BCUT2D eigenvalue weighted by Crippen LogP contribution is 2.21. The maximum Gasteiger partial charge on any atom is 0.181 e. The second-order valence-corrected chi connectivity index (χ2v) is 5.14. The van der Waals surface area contributed by atoms with Crippen molar-refractivity contribution < 1.29 is 0 Å². The Bertz CT molecular complexity index is 476. The molecule has 17 heavy (non-hydrogen) atoms. The fourth-order valence-corrected chi connectivity index (χ4v) is 2.83. The summed E-state index contributed by atoms with van der Waals surface area (Å²) in [5.41, 5.74) is 1.05. The molecule has 1 atom stereocenters. The van der Waals surface area contributed by atoms with Crippen LogP contribution in [0.15, 0.2) is 30.3 Å². The zero-order chi connectivity index (χ0) is 11.5. The smallest absolute Gasteiger partial charge is 0.181 e. The van der Waals surface area contributed by atoms with Crippen molar-refractivity contribution in [2.45, 2.75) is 6.04 Å². The minimum absolute atomic E-state index is 0.304. The summed E-state index contributed by atoms with van der Waals surface area (Å²) in [5.74, 6) is 3.95. The van der Waals surface area contributed by atoms with Crippen LogP contribution in [0.1, 0.15) is 11.9 Å². The van der Waals surface area contributed by atoms with Gasteiger partial charge in [-0.1, -0.05) is 30.3 Å². The van der Waals surface area contributed by atoms with Crippen molar-refractivity contribution >= 4 is 11.8 Å². The van der Waals surface area contributed by atoms with Gasteiger partial charge in [0, 0.05) is 23.6 Å². The van der Waals surface area contributed by atoms with Crippen LogP contribution in [0.2, 0.25) is 0 Å². The molecule has 1 aliphatic heterocycles. The molecular formula is C12H14N4S. The first-order valence-corrected chi connectivity index (χ1v) is 6.88. The molecule has 4 nitrogen and oxygen atoms in total. The second-order valence-electron chi connectivity index (χ2n) is 3.99. The molecular weight excluding hydrogens is 232 g/mol. The normalized spacial score (nSPS) is 20.4. The lowest BCUT2D eigenvalue weighted by Crippen LogP contribution is -2.31. The van der Waals surface area contributed by atoms with E-state index < -0.39 is 0 Å². The number of aromatic nitrogens is 3. The number of rotatable bonds is 2. The zero-order valence-corrected chi connectivity index (χ0v) is 10.2. The van der Waals surface area contributed by atoms with Crippen molar-refractivity contribution in [1.29, 1.82) is 0 Å². The monoisotopic (exact) mass is 246 g/mol.